The fraction of sp³-hybridized carbons (Fsp3) is 0.387. The van der Waals surface area contributed by atoms with Crippen molar-refractivity contribution in [1.29, 1.82) is 0 Å². The topological polar surface area (TPSA) is 130 Å². The van der Waals surface area contributed by atoms with E-state index in [1.54, 1.807) is 16.1 Å². The Bertz CT molecular complexity index is 1240. The lowest BCUT2D eigenvalue weighted by Gasteiger charge is -2.37. The minimum atomic E-state index is -1.02. The lowest BCUT2D eigenvalue weighted by Crippen LogP contribution is -2.61. The van der Waals surface area contributed by atoms with E-state index in [1.807, 2.05) is 86.6 Å². The molecule has 5 N–H and O–H groups in total. The van der Waals surface area contributed by atoms with E-state index >= 15 is 0 Å². The molecule has 4 rings (SSSR count). The lowest BCUT2D eigenvalue weighted by atomic mass is 10.0. The van der Waals surface area contributed by atoms with Crippen LogP contribution in [0.4, 0.5) is 4.79 Å². The molecular formula is C31H40N6O4. The Balaban J connectivity index is 1.53. The second-order valence-electron chi connectivity index (χ2n) is 10.7. The molecule has 1 fully saturated rings. The van der Waals surface area contributed by atoms with Gasteiger partial charge in [0.15, 0.2) is 0 Å². The molecule has 10 nitrogen and oxygen atoms in total. The number of rotatable bonds is 13. The molecule has 41 heavy (non-hydrogen) atoms. The third kappa shape index (κ3) is 8.34. The molecule has 1 aromatic heterocycles. The summed E-state index contributed by atoms with van der Waals surface area (Å²) in [5.74, 6) is -0.459. The summed E-state index contributed by atoms with van der Waals surface area (Å²) in [7, 11) is 0. The molecule has 0 radical (unpaired) electrons. The molecule has 2 aromatic carbocycles. The summed E-state index contributed by atoms with van der Waals surface area (Å²) < 4.78 is 0. The highest BCUT2D eigenvalue weighted by Crippen LogP contribution is 2.19. The monoisotopic (exact) mass is 560 g/mol. The first kappa shape index (κ1) is 30.1. The Kier molecular flexibility index (Phi) is 10.8. The van der Waals surface area contributed by atoms with E-state index in [2.05, 4.69) is 21.2 Å². The molecule has 0 aliphatic carbocycles. The molecule has 1 aliphatic rings. The maximum Gasteiger partial charge on any atom is 0.318 e. The molecule has 1 saturated heterocycles. The second kappa shape index (κ2) is 14.7. The molecule has 10 heteroatoms. The van der Waals surface area contributed by atoms with Gasteiger partial charge in [0.1, 0.15) is 6.04 Å². The van der Waals surface area contributed by atoms with Gasteiger partial charge >= 0.3 is 6.03 Å². The summed E-state index contributed by atoms with van der Waals surface area (Å²) in [6.45, 7) is 5.24. The Morgan fingerprint density at radius 3 is 2.41 bits per heavy atom. The maximum absolute atomic E-state index is 13.7. The molecule has 1 aliphatic heterocycles. The molecule has 0 saturated carbocycles. The molecular weight excluding hydrogens is 520 g/mol. The standard InChI is InChI=1S/C31H40N6O4/c1-22(2)29(37-18-8-17-33-31(37)40)30(39)34-36(21-28(38)27(35-41)19-23-9-4-3-5-10-23)20-24-12-14-25(15-13-24)26-11-6-7-16-32-26/h3-7,9-16,22,27-29,35,38,41H,8,17-21H2,1-2H3,(H,33,40)(H,34,39). The number of hydrazine groups is 1. The van der Waals surface area contributed by atoms with Crippen molar-refractivity contribution in [2.45, 2.75) is 51.4 Å². The zero-order valence-corrected chi connectivity index (χ0v) is 23.6. The number of nitrogens with one attached hydrogen (secondary N) is 3. The predicted molar refractivity (Wildman–Crippen MR) is 156 cm³/mol. The molecule has 0 bridgehead atoms. The van der Waals surface area contributed by atoms with E-state index in [0.29, 0.717) is 26.1 Å². The second-order valence-corrected chi connectivity index (χ2v) is 10.7. The van der Waals surface area contributed by atoms with Crippen molar-refractivity contribution in [2.75, 3.05) is 19.6 Å². The van der Waals surface area contributed by atoms with Crippen LogP contribution in [-0.4, -0.2) is 75.0 Å². The molecule has 3 aromatic rings. The molecule has 218 valence electrons. The Labute approximate surface area is 241 Å². The minimum absolute atomic E-state index is 0.0375. The summed E-state index contributed by atoms with van der Waals surface area (Å²) in [5.41, 5.74) is 8.90. The average molecular weight is 561 g/mol. The third-order valence-electron chi connectivity index (χ3n) is 7.24. The largest absolute Gasteiger partial charge is 0.390 e. The van der Waals surface area contributed by atoms with Crippen LogP contribution in [0, 0.1) is 5.92 Å². The van der Waals surface area contributed by atoms with Gasteiger partial charge in [0, 0.05) is 37.9 Å². The van der Waals surface area contributed by atoms with Gasteiger partial charge in [-0.25, -0.2) is 9.80 Å². The minimum Gasteiger partial charge on any atom is -0.390 e. The zero-order valence-electron chi connectivity index (χ0n) is 23.6. The van der Waals surface area contributed by atoms with Crippen molar-refractivity contribution < 1.29 is 19.9 Å². The van der Waals surface area contributed by atoms with E-state index in [0.717, 1.165) is 28.8 Å². The van der Waals surface area contributed by atoms with E-state index < -0.39 is 18.2 Å². The molecule has 0 spiro atoms. The van der Waals surface area contributed by atoms with E-state index in [1.165, 1.54) is 0 Å². The van der Waals surface area contributed by atoms with E-state index in [-0.39, 0.29) is 24.4 Å². The molecule has 2 heterocycles. The highest BCUT2D eigenvalue weighted by atomic mass is 16.5. The van der Waals surface area contributed by atoms with E-state index in [9.17, 15) is 19.9 Å². The van der Waals surface area contributed by atoms with Crippen molar-refractivity contribution in [2.24, 2.45) is 5.92 Å². The van der Waals surface area contributed by atoms with Gasteiger partial charge in [0.25, 0.3) is 5.91 Å². The maximum atomic E-state index is 13.7. The number of carbonyl (C=O) groups excluding carboxylic acids is 2. The van der Waals surface area contributed by atoms with Crippen LogP contribution in [-0.2, 0) is 17.8 Å². The number of hydrogen-bond acceptors (Lipinski definition) is 7. The quantitative estimate of drug-likeness (QED) is 0.203. The number of benzene rings is 2. The van der Waals surface area contributed by atoms with Gasteiger partial charge in [0.2, 0.25) is 0 Å². The predicted octanol–water partition coefficient (Wildman–Crippen LogP) is 2.97. The van der Waals surface area contributed by atoms with Crippen molar-refractivity contribution in [3.05, 3.63) is 90.1 Å². The number of nitrogens with zero attached hydrogens (tertiary/aromatic N) is 3. The number of aromatic nitrogens is 1. The smallest absolute Gasteiger partial charge is 0.318 e. The first-order valence-corrected chi connectivity index (χ1v) is 14.1. The molecule has 3 atom stereocenters. The van der Waals surface area contributed by atoms with Gasteiger partial charge in [-0.05, 0) is 42.0 Å². The third-order valence-corrected chi connectivity index (χ3v) is 7.24. The van der Waals surface area contributed by atoms with E-state index in [4.69, 9.17) is 0 Å². The molecule has 3 amide bonds. The summed E-state index contributed by atoms with van der Waals surface area (Å²) in [6, 6.07) is 21.6. The van der Waals surface area contributed by atoms with Crippen molar-refractivity contribution in [1.82, 2.24) is 31.1 Å². The van der Waals surface area contributed by atoms with Gasteiger partial charge in [0.05, 0.1) is 17.8 Å². The highest BCUT2D eigenvalue weighted by molar-refractivity contribution is 5.87. The van der Waals surface area contributed by atoms with Crippen LogP contribution >= 0.6 is 0 Å². The average Bonchev–Trinajstić information content (AvgIpc) is 2.98. The van der Waals surface area contributed by atoms with Gasteiger partial charge in [-0.2, -0.15) is 5.48 Å². The van der Waals surface area contributed by atoms with Crippen LogP contribution in [0.25, 0.3) is 11.3 Å². The highest BCUT2D eigenvalue weighted by Gasteiger charge is 2.35. The number of aliphatic hydroxyl groups is 1. The van der Waals surface area contributed by atoms with Gasteiger partial charge < -0.3 is 20.5 Å². The SMILES string of the molecule is CC(C)C(C(=O)NN(Cc1ccc(-c2ccccn2)cc1)CC(O)C(Cc1ccccc1)NO)N1CCCNC1=O. The van der Waals surface area contributed by atoms with Crippen LogP contribution in [0.1, 0.15) is 31.4 Å². The van der Waals surface area contributed by atoms with Crippen LogP contribution < -0.4 is 16.2 Å². The molecule has 3 unspecified atom stereocenters. The lowest BCUT2D eigenvalue weighted by molar-refractivity contribution is -0.133. The fourth-order valence-corrected chi connectivity index (χ4v) is 5.11. The van der Waals surface area contributed by atoms with Crippen LogP contribution in [0.3, 0.4) is 0 Å². The number of amides is 3. The number of aliphatic hydroxyl groups excluding tert-OH is 1. The Morgan fingerprint density at radius 2 is 1.78 bits per heavy atom. The zero-order chi connectivity index (χ0) is 29.2. The fourth-order valence-electron chi connectivity index (χ4n) is 5.11. The number of pyridine rings is 1. The number of carbonyl (C=O) groups is 2. The van der Waals surface area contributed by atoms with Crippen molar-refractivity contribution in [3.63, 3.8) is 0 Å². The van der Waals surface area contributed by atoms with Crippen LogP contribution in [0.5, 0.6) is 0 Å². The van der Waals surface area contributed by atoms with Gasteiger partial charge in [-0.15, -0.1) is 0 Å². The normalized spacial score (nSPS) is 15.9. The summed E-state index contributed by atoms with van der Waals surface area (Å²) in [6.07, 6.45) is 1.87. The number of urea groups is 1. The van der Waals surface area contributed by atoms with Crippen molar-refractivity contribution >= 4 is 11.9 Å². The van der Waals surface area contributed by atoms with Crippen LogP contribution in [0.2, 0.25) is 0 Å². The van der Waals surface area contributed by atoms with Crippen molar-refractivity contribution in [3.8, 4) is 11.3 Å². The Hall–Kier alpha value is -3.83. The number of hydrogen-bond donors (Lipinski definition) is 5. The first-order chi connectivity index (χ1) is 19.9. The summed E-state index contributed by atoms with van der Waals surface area (Å²) in [4.78, 5) is 32.2. The number of hydroxylamine groups is 1. The Morgan fingerprint density at radius 1 is 1.05 bits per heavy atom. The summed E-state index contributed by atoms with van der Waals surface area (Å²) >= 11 is 0. The first-order valence-electron chi connectivity index (χ1n) is 14.1. The van der Waals surface area contributed by atoms with Gasteiger partial charge in [-0.3, -0.25) is 15.2 Å². The summed E-state index contributed by atoms with van der Waals surface area (Å²) in [5, 5.41) is 25.5. The van der Waals surface area contributed by atoms with Crippen LogP contribution in [0.15, 0.2) is 79.0 Å². The van der Waals surface area contributed by atoms with Gasteiger partial charge in [-0.1, -0.05) is 74.5 Å².